The minimum Gasteiger partial charge on any atom is -0.390 e. The maximum absolute atomic E-state index is 12.7. The highest BCUT2D eigenvalue weighted by Crippen LogP contribution is 2.25. The van der Waals surface area contributed by atoms with E-state index in [-0.39, 0.29) is 17.5 Å². The molecule has 2 aliphatic rings. The minimum absolute atomic E-state index is 0.154. The molecule has 0 unspecified atom stereocenters. The van der Waals surface area contributed by atoms with Crippen LogP contribution in [0.25, 0.3) is 0 Å². The third kappa shape index (κ3) is 4.41. The number of rotatable bonds is 6. The second-order valence-electron chi connectivity index (χ2n) is 7.09. The fourth-order valence-corrected chi connectivity index (χ4v) is 5.19. The molecule has 3 rings (SSSR count). The molecule has 2 aliphatic heterocycles. The lowest BCUT2D eigenvalue weighted by atomic mass is 9.96. The Morgan fingerprint density at radius 2 is 1.88 bits per heavy atom. The lowest BCUT2D eigenvalue weighted by Gasteiger charge is -2.29. The summed E-state index contributed by atoms with van der Waals surface area (Å²) in [6, 6.07) is 8.28. The molecule has 25 heavy (non-hydrogen) atoms. The van der Waals surface area contributed by atoms with E-state index in [0.717, 1.165) is 39.0 Å². The molecule has 2 atom stereocenters. The Morgan fingerprint density at radius 1 is 1.20 bits per heavy atom. The SMILES string of the molecule is CN(CCC1CCOCC1)[C@H]1CN(S(=O)(=O)c2ccccc2)C[C@@H]1O. The predicted octanol–water partition coefficient (Wildman–Crippen LogP) is 1.17. The summed E-state index contributed by atoms with van der Waals surface area (Å²) in [7, 11) is -1.57. The summed E-state index contributed by atoms with van der Waals surface area (Å²) in [4.78, 5) is 2.40. The van der Waals surface area contributed by atoms with Crippen LogP contribution in [0.1, 0.15) is 19.3 Å². The van der Waals surface area contributed by atoms with E-state index in [9.17, 15) is 13.5 Å². The number of aliphatic hydroxyl groups excluding tert-OH is 1. The Hall–Kier alpha value is -0.990. The summed E-state index contributed by atoms with van der Waals surface area (Å²) in [6.45, 7) is 3.03. The number of nitrogens with zero attached hydrogens (tertiary/aromatic N) is 2. The highest BCUT2D eigenvalue weighted by atomic mass is 32.2. The summed E-state index contributed by atoms with van der Waals surface area (Å²) in [5.74, 6) is 0.666. The largest absolute Gasteiger partial charge is 0.390 e. The third-order valence-corrected chi connectivity index (χ3v) is 7.25. The summed E-state index contributed by atoms with van der Waals surface area (Å²) in [6.07, 6.45) is 2.60. The monoisotopic (exact) mass is 368 g/mol. The van der Waals surface area contributed by atoms with E-state index in [4.69, 9.17) is 4.74 Å². The standard InChI is InChI=1S/C18H28N2O4S/c1-19(10-7-15-8-11-24-12-9-15)17-13-20(14-18(17)21)25(22,23)16-5-3-2-4-6-16/h2-6,15,17-18,21H,7-14H2,1H3/t17-,18-/m0/s1. The second kappa shape index (κ2) is 8.14. The number of sulfonamides is 1. The fraction of sp³-hybridized carbons (Fsp3) is 0.667. The van der Waals surface area contributed by atoms with Gasteiger partial charge in [0.05, 0.1) is 17.0 Å². The molecule has 2 heterocycles. The number of benzene rings is 1. The van der Waals surface area contributed by atoms with Crippen molar-refractivity contribution in [2.75, 3.05) is 39.9 Å². The summed E-state index contributed by atoms with van der Waals surface area (Å²) in [5, 5.41) is 10.4. The highest BCUT2D eigenvalue weighted by molar-refractivity contribution is 7.89. The van der Waals surface area contributed by atoms with Crippen molar-refractivity contribution >= 4 is 10.0 Å². The number of β-amino-alcohol motifs (C(OH)–C–C–N with tert-alkyl or cyclic N) is 1. The van der Waals surface area contributed by atoms with Crippen LogP contribution in [0, 0.1) is 5.92 Å². The number of aliphatic hydroxyl groups is 1. The second-order valence-corrected chi connectivity index (χ2v) is 9.03. The molecule has 0 aromatic heterocycles. The Balaban J connectivity index is 1.59. The van der Waals surface area contributed by atoms with E-state index < -0.39 is 16.1 Å². The van der Waals surface area contributed by atoms with Crippen LogP contribution in [0.5, 0.6) is 0 Å². The van der Waals surface area contributed by atoms with Gasteiger partial charge in [0.1, 0.15) is 0 Å². The van der Waals surface area contributed by atoms with Crippen LogP contribution in [-0.4, -0.2) is 74.8 Å². The average molecular weight is 368 g/mol. The summed E-state index contributed by atoms with van der Waals surface area (Å²) in [5.41, 5.74) is 0. The van der Waals surface area contributed by atoms with Crippen LogP contribution in [0.3, 0.4) is 0 Å². The van der Waals surface area contributed by atoms with Crippen LogP contribution >= 0.6 is 0 Å². The van der Waals surface area contributed by atoms with E-state index in [2.05, 4.69) is 4.90 Å². The zero-order valence-electron chi connectivity index (χ0n) is 14.8. The van der Waals surface area contributed by atoms with Crippen molar-refractivity contribution in [3.63, 3.8) is 0 Å². The molecule has 6 nitrogen and oxygen atoms in total. The predicted molar refractivity (Wildman–Crippen MR) is 95.8 cm³/mol. The lowest BCUT2D eigenvalue weighted by Crippen LogP contribution is -2.42. The van der Waals surface area contributed by atoms with Gasteiger partial charge in [0.15, 0.2) is 0 Å². The lowest BCUT2D eigenvalue weighted by molar-refractivity contribution is 0.0537. The van der Waals surface area contributed by atoms with Gasteiger partial charge in [-0.2, -0.15) is 4.31 Å². The zero-order chi connectivity index (χ0) is 17.9. The average Bonchev–Trinajstić information content (AvgIpc) is 3.04. The topological polar surface area (TPSA) is 70.1 Å². The van der Waals surface area contributed by atoms with Gasteiger partial charge in [-0.15, -0.1) is 0 Å². The van der Waals surface area contributed by atoms with Gasteiger partial charge < -0.3 is 9.84 Å². The molecule has 140 valence electrons. The van der Waals surface area contributed by atoms with Crippen LogP contribution in [0.2, 0.25) is 0 Å². The molecule has 2 fully saturated rings. The summed E-state index contributed by atoms with van der Waals surface area (Å²) >= 11 is 0. The van der Waals surface area contributed by atoms with Gasteiger partial charge in [0.25, 0.3) is 0 Å². The first kappa shape index (κ1) is 18.8. The molecule has 0 bridgehead atoms. The van der Waals surface area contributed by atoms with Crippen LogP contribution in [0.15, 0.2) is 35.2 Å². The van der Waals surface area contributed by atoms with Gasteiger partial charge >= 0.3 is 0 Å². The smallest absolute Gasteiger partial charge is 0.243 e. The van der Waals surface area contributed by atoms with Crippen LogP contribution in [0.4, 0.5) is 0 Å². The molecular weight excluding hydrogens is 340 g/mol. The van der Waals surface area contributed by atoms with E-state index in [1.54, 1.807) is 30.3 Å². The molecule has 0 aliphatic carbocycles. The number of likely N-dealkylation sites (N-methyl/N-ethyl adjacent to an activating group) is 1. The number of hydrogen-bond acceptors (Lipinski definition) is 5. The zero-order valence-corrected chi connectivity index (χ0v) is 15.6. The molecule has 0 radical (unpaired) electrons. The highest BCUT2D eigenvalue weighted by Gasteiger charge is 2.40. The Bertz CT molecular complexity index is 646. The van der Waals surface area contributed by atoms with Crippen molar-refractivity contribution in [1.82, 2.24) is 9.21 Å². The Morgan fingerprint density at radius 3 is 2.56 bits per heavy atom. The normalized spacial score (nSPS) is 26.4. The molecule has 7 heteroatoms. The molecule has 0 saturated carbocycles. The maximum Gasteiger partial charge on any atom is 0.243 e. The summed E-state index contributed by atoms with van der Waals surface area (Å²) < 4.78 is 32.3. The van der Waals surface area contributed by atoms with E-state index in [0.29, 0.717) is 12.5 Å². The van der Waals surface area contributed by atoms with Crippen molar-refractivity contribution in [2.24, 2.45) is 5.92 Å². The van der Waals surface area contributed by atoms with E-state index in [1.807, 2.05) is 7.05 Å². The first-order chi connectivity index (χ1) is 12.0. The van der Waals surface area contributed by atoms with E-state index in [1.165, 1.54) is 4.31 Å². The van der Waals surface area contributed by atoms with Gasteiger partial charge in [0, 0.05) is 26.3 Å². The molecule has 1 aromatic carbocycles. The third-order valence-electron chi connectivity index (χ3n) is 5.40. The van der Waals surface area contributed by atoms with Gasteiger partial charge in [0.2, 0.25) is 10.0 Å². The molecular formula is C18H28N2O4S. The minimum atomic E-state index is -3.54. The fourth-order valence-electron chi connectivity index (χ4n) is 3.69. The molecule has 1 aromatic rings. The first-order valence-electron chi connectivity index (χ1n) is 8.99. The first-order valence-corrected chi connectivity index (χ1v) is 10.4. The number of ether oxygens (including phenoxy) is 1. The molecule has 0 amide bonds. The van der Waals surface area contributed by atoms with Crippen molar-refractivity contribution in [3.8, 4) is 0 Å². The van der Waals surface area contributed by atoms with Gasteiger partial charge in [-0.05, 0) is 50.9 Å². The molecule has 2 saturated heterocycles. The molecule has 0 spiro atoms. The van der Waals surface area contributed by atoms with Gasteiger partial charge in [-0.1, -0.05) is 18.2 Å². The van der Waals surface area contributed by atoms with Gasteiger partial charge in [-0.3, -0.25) is 4.90 Å². The van der Waals surface area contributed by atoms with Gasteiger partial charge in [-0.25, -0.2) is 8.42 Å². The van der Waals surface area contributed by atoms with Crippen molar-refractivity contribution < 1.29 is 18.3 Å². The van der Waals surface area contributed by atoms with Crippen LogP contribution < -0.4 is 0 Å². The van der Waals surface area contributed by atoms with Crippen molar-refractivity contribution in [1.29, 1.82) is 0 Å². The van der Waals surface area contributed by atoms with Crippen molar-refractivity contribution in [2.45, 2.75) is 36.3 Å². The Labute approximate surface area is 150 Å². The maximum atomic E-state index is 12.7. The van der Waals surface area contributed by atoms with Crippen molar-refractivity contribution in [3.05, 3.63) is 30.3 Å². The van der Waals surface area contributed by atoms with Crippen LogP contribution in [-0.2, 0) is 14.8 Å². The molecule has 1 N–H and O–H groups in total. The Kier molecular flexibility index (Phi) is 6.12. The number of hydrogen-bond donors (Lipinski definition) is 1. The van der Waals surface area contributed by atoms with E-state index >= 15 is 0 Å². The quantitative estimate of drug-likeness (QED) is 0.816.